The van der Waals surface area contributed by atoms with Crippen LogP contribution >= 0.6 is 23.6 Å². The molecule has 0 radical (unpaired) electrons. The lowest BCUT2D eigenvalue weighted by atomic mass is 10.1. The molecule has 0 saturated heterocycles. The first-order valence-electron chi connectivity index (χ1n) is 8.73. The van der Waals surface area contributed by atoms with Gasteiger partial charge in [-0.2, -0.15) is 0 Å². The van der Waals surface area contributed by atoms with Crippen LogP contribution in [-0.2, 0) is 17.8 Å². The van der Waals surface area contributed by atoms with Crippen molar-refractivity contribution in [2.45, 2.75) is 20.0 Å². The Kier molecular flexibility index (Phi) is 6.60. The standard InChI is InChI=1S/C20H23N3O2S2/c1-14-5-6-18-15(10-14)11-16(19(24)22-18)12-23(13-17-4-3-9-27-17)20(26)21-7-8-25-2/h3-6,9-11H,7-8,12-13H2,1-2H3,(H,21,26)(H,22,24). The van der Waals surface area contributed by atoms with Crippen molar-refractivity contribution in [1.82, 2.24) is 15.2 Å². The number of aryl methyl sites for hydroxylation is 1. The largest absolute Gasteiger partial charge is 0.383 e. The minimum atomic E-state index is -0.0813. The maximum atomic E-state index is 12.6. The van der Waals surface area contributed by atoms with Crippen molar-refractivity contribution in [3.05, 3.63) is 68.1 Å². The smallest absolute Gasteiger partial charge is 0.253 e. The normalized spacial score (nSPS) is 10.9. The second-order valence-electron chi connectivity index (χ2n) is 6.37. The van der Waals surface area contributed by atoms with E-state index in [1.807, 2.05) is 41.5 Å². The van der Waals surface area contributed by atoms with Crippen molar-refractivity contribution in [1.29, 1.82) is 0 Å². The van der Waals surface area contributed by atoms with Crippen LogP contribution in [0.2, 0.25) is 0 Å². The van der Waals surface area contributed by atoms with Crippen molar-refractivity contribution in [2.75, 3.05) is 20.3 Å². The fourth-order valence-corrected chi connectivity index (χ4v) is 3.81. The quantitative estimate of drug-likeness (QED) is 0.469. The highest BCUT2D eigenvalue weighted by Gasteiger charge is 2.14. The lowest BCUT2D eigenvalue weighted by Gasteiger charge is -2.25. The van der Waals surface area contributed by atoms with Crippen LogP contribution in [0.3, 0.4) is 0 Å². The first-order valence-corrected chi connectivity index (χ1v) is 10.0. The molecule has 2 aromatic heterocycles. The van der Waals surface area contributed by atoms with Gasteiger partial charge in [-0.05, 0) is 54.2 Å². The van der Waals surface area contributed by atoms with Crippen molar-refractivity contribution in [2.24, 2.45) is 0 Å². The van der Waals surface area contributed by atoms with E-state index in [2.05, 4.69) is 22.4 Å². The minimum Gasteiger partial charge on any atom is -0.383 e. The molecule has 2 heterocycles. The Morgan fingerprint density at radius 2 is 2.15 bits per heavy atom. The predicted molar refractivity (Wildman–Crippen MR) is 115 cm³/mol. The summed E-state index contributed by atoms with van der Waals surface area (Å²) in [5, 5.41) is 6.89. The topological polar surface area (TPSA) is 57.4 Å². The van der Waals surface area contributed by atoms with E-state index in [1.54, 1.807) is 18.4 Å². The summed E-state index contributed by atoms with van der Waals surface area (Å²) < 4.78 is 5.08. The van der Waals surface area contributed by atoms with Crippen LogP contribution in [0.5, 0.6) is 0 Å². The molecule has 0 spiro atoms. The van der Waals surface area contributed by atoms with E-state index in [-0.39, 0.29) is 5.56 Å². The molecule has 142 valence electrons. The molecule has 0 unspecified atom stereocenters. The van der Waals surface area contributed by atoms with Crippen LogP contribution in [0, 0.1) is 6.92 Å². The highest BCUT2D eigenvalue weighted by Crippen LogP contribution is 2.17. The Hall–Kier alpha value is -2.22. The molecule has 0 aliphatic rings. The molecule has 0 amide bonds. The van der Waals surface area contributed by atoms with Crippen LogP contribution in [0.25, 0.3) is 10.9 Å². The predicted octanol–water partition coefficient (Wildman–Crippen LogP) is 3.42. The number of ether oxygens (including phenoxy) is 1. The molecule has 3 aromatic rings. The van der Waals surface area contributed by atoms with E-state index in [1.165, 1.54) is 4.88 Å². The number of aromatic nitrogens is 1. The van der Waals surface area contributed by atoms with E-state index in [4.69, 9.17) is 17.0 Å². The number of rotatable bonds is 7. The number of nitrogens with one attached hydrogen (secondary N) is 2. The molecule has 0 saturated carbocycles. The van der Waals surface area contributed by atoms with Crippen molar-refractivity contribution < 1.29 is 4.74 Å². The third kappa shape index (κ3) is 5.15. The average Bonchev–Trinajstić information content (AvgIpc) is 3.15. The van der Waals surface area contributed by atoms with Crippen molar-refractivity contribution in [3.8, 4) is 0 Å². The molecular formula is C20H23N3O2S2. The molecule has 27 heavy (non-hydrogen) atoms. The van der Waals surface area contributed by atoms with E-state index in [0.29, 0.717) is 36.9 Å². The summed E-state index contributed by atoms with van der Waals surface area (Å²) in [6.45, 7) is 4.34. The molecule has 0 aliphatic carbocycles. The zero-order valence-corrected chi connectivity index (χ0v) is 17.1. The fraction of sp³-hybridized carbons (Fsp3) is 0.300. The maximum Gasteiger partial charge on any atom is 0.253 e. The Bertz CT molecular complexity index is 967. The number of pyridine rings is 1. The van der Waals surface area contributed by atoms with Gasteiger partial charge in [0.1, 0.15) is 0 Å². The first kappa shape index (κ1) is 19.5. The number of H-pyrrole nitrogens is 1. The molecular weight excluding hydrogens is 378 g/mol. The minimum absolute atomic E-state index is 0.0813. The van der Waals surface area contributed by atoms with Crippen molar-refractivity contribution in [3.63, 3.8) is 0 Å². The van der Waals surface area contributed by atoms with Gasteiger partial charge in [-0.3, -0.25) is 4.79 Å². The second-order valence-corrected chi connectivity index (χ2v) is 7.79. The van der Waals surface area contributed by atoms with Gasteiger partial charge in [0.15, 0.2) is 5.11 Å². The van der Waals surface area contributed by atoms with E-state index in [9.17, 15) is 4.79 Å². The van der Waals surface area contributed by atoms with Gasteiger partial charge >= 0.3 is 0 Å². The van der Waals surface area contributed by atoms with Crippen LogP contribution < -0.4 is 10.9 Å². The van der Waals surface area contributed by atoms with Gasteiger partial charge in [0.05, 0.1) is 19.7 Å². The number of thiophene rings is 1. The number of aromatic amines is 1. The molecule has 5 nitrogen and oxygen atoms in total. The summed E-state index contributed by atoms with van der Waals surface area (Å²) in [5.41, 5.74) is 2.62. The monoisotopic (exact) mass is 401 g/mol. The SMILES string of the molecule is COCCNC(=S)N(Cc1cccs1)Cc1cc2cc(C)ccc2[nH]c1=O. The number of hydrogen-bond donors (Lipinski definition) is 2. The van der Waals surface area contributed by atoms with Crippen LogP contribution in [-0.4, -0.2) is 35.3 Å². The molecule has 2 N–H and O–H groups in total. The first-order chi connectivity index (χ1) is 13.1. The van der Waals surface area contributed by atoms with Gasteiger partial charge in [-0.15, -0.1) is 11.3 Å². The Morgan fingerprint density at radius 1 is 1.30 bits per heavy atom. The molecule has 0 atom stereocenters. The Balaban J connectivity index is 1.86. The molecule has 0 aliphatic heterocycles. The lowest BCUT2D eigenvalue weighted by Crippen LogP contribution is -2.41. The van der Waals surface area contributed by atoms with E-state index in [0.717, 1.165) is 16.5 Å². The van der Waals surface area contributed by atoms with E-state index < -0.39 is 0 Å². The molecule has 0 fully saturated rings. The zero-order chi connectivity index (χ0) is 19.2. The lowest BCUT2D eigenvalue weighted by molar-refractivity contribution is 0.202. The summed E-state index contributed by atoms with van der Waals surface area (Å²) in [6, 6.07) is 12.1. The fourth-order valence-electron chi connectivity index (χ4n) is 2.86. The summed E-state index contributed by atoms with van der Waals surface area (Å²) in [6.07, 6.45) is 0. The summed E-state index contributed by atoms with van der Waals surface area (Å²) in [5.74, 6) is 0. The highest BCUT2D eigenvalue weighted by atomic mass is 32.1. The van der Waals surface area contributed by atoms with Gasteiger partial charge in [0.25, 0.3) is 5.56 Å². The summed E-state index contributed by atoms with van der Waals surface area (Å²) in [7, 11) is 1.66. The summed E-state index contributed by atoms with van der Waals surface area (Å²) in [4.78, 5) is 18.8. The highest BCUT2D eigenvalue weighted by molar-refractivity contribution is 7.80. The number of methoxy groups -OCH3 is 1. The number of hydrogen-bond acceptors (Lipinski definition) is 4. The molecule has 3 rings (SSSR count). The number of benzene rings is 1. The average molecular weight is 402 g/mol. The maximum absolute atomic E-state index is 12.6. The third-order valence-electron chi connectivity index (χ3n) is 4.23. The molecule has 7 heteroatoms. The molecule has 0 bridgehead atoms. The van der Waals surface area contributed by atoms with Gasteiger partial charge in [-0.1, -0.05) is 17.7 Å². The Labute approximate surface area is 168 Å². The van der Waals surface area contributed by atoms with Gasteiger partial charge < -0.3 is 19.9 Å². The molecule has 1 aromatic carbocycles. The van der Waals surface area contributed by atoms with Crippen LogP contribution in [0.1, 0.15) is 16.0 Å². The third-order valence-corrected chi connectivity index (χ3v) is 5.50. The van der Waals surface area contributed by atoms with Crippen molar-refractivity contribution >= 4 is 39.6 Å². The Morgan fingerprint density at radius 3 is 2.89 bits per heavy atom. The number of fused-ring (bicyclic) bond motifs is 1. The number of thiocarbonyl (C=S) groups is 1. The second kappa shape index (κ2) is 9.12. The zero-order valence-electron chi connectivity index (χ0n) is 15.5. The van der Waals surface area contributed by atoms with Crippen LogP contribution in [0.4, 0.5) is 0 Å². The van der Waals surface area contributed by atoms with Crippen LogP contribution in [0.15, 0.2) is 46.6 Å². The number of nitrogens with zero attached hydrogens (tertiary/aromatic N) is 1. The van der Waals surface area contributed by atoms with E-state index >= 15 is 0 Å². The van der Waals surface area contributed by atoms with Gasteiger partial charge in [0, 0.05) is 29.6 Å². The summed E-state index contributed by atoms with van der Waals surface area (Å²) >= 11 is 7.25. The van der Waals surface area contributed by atoms with Gasteiger partial charge in [-0.25, -0.2) is 0 Å². The van der Waals surface area contributed by atoms with Gasteiger partial charge in [0.2, 0.25) is 0 Å².